The fourth-order valence-electron chi connectivity index (χ4n) is 3.42. The molecule has 0 amide bonds. The molecule has 0 aliphatic carbocycles. The predicted molar refractivity (Wildman–Crippen MR) is 101 cm³/mol. The van der Waals surface area contributed by atoms with Gasteiger partial charge in [-0.3, -0.25) is 9.88 Å². The van der Waals surface area contributed by atoms with Crippen LogP contribution in [0.15, 0.2) is 42.7 Å². The molecule has 5 heteroatoms. The van der Waals surface area contributed by atoms with E-state index in [1.807, 2.05) is 25.4 Å². The number of fused-ring (bicyclic) bond motifs is 1. The molecule has 0 atom stereocenters. The lowest BCUT2D eigenvalue weighted by Crippen LogP contribution is -2.46. The summed E-state index contributed by atoms with van der Waals surface area (Å²) in [7, 11) is 0. The summed E-state index contributed by atoms with van der Waals surface area (Å²) < 4.78 is 0. The maximum Gasteiger partial charge on any atom is 0.135 e. The van der Waals surface area contributed by atoms with Crippen LogP contribution in [0.2, 0.25) is 0 Å². The summed E-state index contributed by atoms with van der Waals surface area (Å²) in [4.78, 5) is 18.3. The Morgan fingerprint density at radius 2 is 1.76 bits per heavy atom. The van der Waals surface area contributed by atoms with Crippen LogP contribution in [0, 0.1) is 13.8 Å². The van der Waals surface area contributed by atoms with Gasteiger partial charge >= 0.3 is 0 Å². The average molecular weight is 333 g/mol. The quantitative estimate of drug-likeness (QED) is 0.737. The molecule has 25 heavy (non-hydrogen) atoms. The standard InChI is InChI=1S/C20H23N5/c1-15-12-21-16(2)23-20(15)25-9-7-24(8-10-25)14-17-11-18-5-3-4-6-19(18)22-13-17/h3-6,11-13H,7-10,14H2,1-2H3. The summed E-state index contributed by atoms with van der Waals surface area (Å²) in [6, 6.07) is 10.5. The van der Waals surface area contributed by atoms with Gasteiger partial charge in [0.05, 0.1) is 5.52 Å². The van der Waals surface area contributed by atoms with Gasteiger partial charge in [-0.15, -0.1) is 0 Å². The van der Waals surface area contributed by atoms with Gasteiger partial charge in [-0.2, -0.15) is 0 Å². The first-order chi connectivity index (χ1) is 12.2. The van der Waals surface area contributed by atoms with Gasteiger partial charge in [0.2, 0.25) is 0 Å². The van der Waals surface area contributed by atoms with Crippen molar-refractivity contribution in [2.45, 2.75) is 20.4 Å². The Morgan fingerprint density at radius 1 is 0.960 bits per heavy atom. The molecule has 4 rings (SSSR count). The Kier molecular flexibility index (Phi) is 4.32. The molecule has 3 heterocycles. The number of aromatic nitrogens is 3. The van der Waals surface area contributed by atoms with Gasteiger partial charge in [-0.1, -0.05) is 18.2 Å². The zero-order valence-corrected chi connectivity index (χ0v) is 14.8. The number of nitrogens with zero attached hydrogens (tertiary/aromatic N) is 5. The second-order valence-corrected chi connectivity index (χ2v) is 6.72. The number of benzene rings is 1. The lowest BCUT2D eigenvalue weighted by Gasteiger charge is -2.36. The molecule has 1 aliphatic heterocycles. The maximum atomic E-state index is 4.63. The van der Waals surface area contributed by atoms with Crippen molar-refractivity contribution < 1.29 is 0 Å². The summed E-state index contributed by atoms with van der Waals surface area (Å²) in [6.45, 7) is 9.06. The molecule has 0 unspecified atom stereocenters. The van der Waals surface area contributed by atoms with Crippen LogP contribution in [0.3, 0.4) is 0 Å². The van der Waals surface area contributed by atoms with E-state index in [4.69, 9.17) is 0 Å². The minimum atomic E-state index is 0.838. The Morgan fingerprint density at radius 3 is 2.60 bits per heavy atom. The van der Waals surface area contributed by atoms with E-state index in [2.05, 4.69) is 55.9 Å². The molecule has 0 radical (unpaired) electrons. The zero-order valence-electron chi connectivity index (χ0n) is 14.8. The molecule has 1 saturated heterocycles. The second kappa shape index (κ2) is 6.76. The highest BCUT2D eigenvalue weighted by molar-refractivity contribution is 5.78. The van der Waals surface area contributed by atoms with Crippen LogP contribution in [-0.2, 0) is 6.54 Å². The first-order valence-corrected chi connectivity index (χ1v) is 8.80. The van der Waals surface area contributed by atoms with Crippen molar-refractivity contribution in [1.82, 2.24) is 19.9 Å². The number of piperazine rings is 1. The molecule has 0 N–H and O–H groups in total. The Labute approximate surface area is 148 Å². The van der Waals surface area contributed by atoms with Crippen molar-refractivity contribution in [2.24, 2.45) is 0 Å². The third kappa shape index (κ3) is 3.46. The van der Waals surface area contributed by atoms with Gasteiger partial charge in [0, 0.05) is 56.1 Å². The molecule has 0 saturated carbocycles. The molecule has 1 aliphatic rings. The Hall–Kier alpha value is -2.53. The van der Waals surface area contributed by atoms with Crippen molar-refractivity contribution >= 4 is 16.7 Å². The van der Waals surface area contributed by atoms with Gasteiger partial charge in [0.15, 0.2) is 0 Å². The normalized spacial score (nSPS) is 15.7. The van der Waals surface area contributed by atoms with E-state index in [1.165, 1.54) is 10.9 Å². The number of anilines is 1. The van der Waals surface area contributed by atoms with Crippen molar-refractivity contribution in [1.29, 1.82) is 0 Å². The highest BCUT2D eigenvalue weighted by Gasteiger charge is 2.20. The molecular weight excluding hydrogens is 310 g/mol. The van der Waals surface area contributed by atoms with Crippen LogP contribution < -0.4 is 4.90 Å². The molecule has 3 aromatic rings. The van der Waals surface area contributed by atoms with Gasteiger partial charge < -0.3 is 4.90 Å². The summed E-state index contributed by atoms with van der Waals surface area (Å²) in [6.07, 6.45) is 3.93. The van der Waals surface area contributed by atoms with E-state index in [9.17, 15) is 0 Å². The van der Waals surface area contributed by atoms with Crippen molar-refractivity contribution in [3.8, 4) is 0 Å². The highest BCUT2D eigenvalue weighted by atomic mass is 15.3. The third-order valence-corrected chi connectivity index (χ3v) is 4.79. The number of pyridine rings is 1. The SMILES string of the molecule is Cc1ncc(C)c(N2CCN(Cc3cnc4ccccc4c3)CC2)n1. The Balaban J connectivity index is 1.42. The van der Waals surface area contributed by atoms with E-state index in [1.54, 1.807) is 0 Å². The summed E-state index contributed by atoms with van der Waals surface area (Å²) in [5.41, 5.74) is 3.49. The molecule has 2 aromatic heterocycles. The molecule has 1 aromatic carbocycles. The van der Waals surface area contributed by atoms with Crippen molar-refractivity contribution in [3.05, 3.63) is 59.7 Å². The third-order valence-electron chi connectivity index (χ3n) is 4.79. The molecular formula is C20H23N5. The smallest absolute Gasteiger partial charge is 0.135 e. The van der Waals surface area contributed by atoms with Gasteiger partial charge in [-0.05, 0) is 31.5 Å². The number of aryl methyl sites for hydroxylation is 2. The predicted octanol–water partition coefficient (Wildman–Crippen LogP) is 2.96. The Bertz CT molecular complexity index is 884. The number of hydrogen-bond donors (Lipinski definition) is 0. The highest BCUT2D eigenvalue weighted by Crippen LogP contribution is 2.19. The molecule has 128 valence electrons. The molecule has 1 fully saturated rings. The van der Waals surface area contributed by atoms with Crippen LogP contribution in [0.4, 0.5) is 5.82 Å². The fraction of sp³-hybridized carbons (Fsp3) is 0.350. The number of para-hydroxylation sites is 1. The van der Waals surface area contributed by atoms with Crippen LogP contribution in [0.25, 0.3) is 10.9 Å². The molecule has 0 bridgehead atoms. The number of rotatable bonds is 3. The lowest BCUT2D eigenvalue weighted by atomic mass is 10.1. The van der Waals surface area contributed by atoms with Crippen molar-refractivity contribution in [3.63, 3.8) is 0 Å². The van der Waals surface area contributed by atoms with E-state index < -0.39 is 0 Å². The summed E-state index contributed by atoms with van der Waals surface area (Å²) in [5.74, 6) is 1.92. The van der Waals surface area contributed by atoms with E-state index >= 15 is 0 Å². The zero-order chi connectivity index (χ0) is 17.2. The maximum absolute atomic E-state index is 4.63. The van der Waals surface area contributed by atoms with Crippen molar-refractivity contribution in [2.75, 3.05) is 31.1 Å². The minimum Gasteiger partial charge on any atom is -0.354 e. The first kappa shape index (κ1) is 16.0. The van der Waals surface area contributed by atoms with Crippen LogP contribution >= 0.6 is 0 Å². The second-order valence-electron chi connectivity index (χ2n) is 6.72. The van der Waals surface area contributed by atoms with Gasteiger partial charge in [-0.25, -0.2) is 9.97 Å². The monoisotopic (exact) mass is 333 g/mol. The van der Waals surface area contributed by atoms with Gasteiger partial charge in [0.1, 0.15) is 11.6 Å². The van der Waals surface area contributed by atoms with Crippen LogP contribution in [0.1, 0.15) is 17.0 Å². The van der Waals surface area contributed by atoms with E-state index in [-0.39, 0.29) is 0 Å². The summed E-state index contributed by atoms with van der Waals surface area (Å²) >= 11 is 0. The topological polar surface area (TPSA) is 45.2 Å². The lowest BCUT2D eigenvalue weighted by molar-refractivity contribution is 0.249. The number of hydrogen-bond acceptors (Lipinski definition) is 5. The largest absolute Gasteiger partial charge is 0.354 e. The summed E-state index contributed by atoms with van der Waals surface area (Å²) in [5, 5.41) is 1.21. The first-order valence-electron chi connectivity index (χ1n) is 8.80. The van der Waals surface area contributed by atoms with E-state index in [0.717, 1.165) is 55.4 Å². The van der Waals surface area contributed by atoms with E-state index in [0.29, 0.717) is 0 Å². The van der Waals surface area contributed by atoms with Crippen LogP contribution in [0.5, 0.6) is 0 Å². The minimum absolute atomic E-state index is 0.838. The van der Waals surface area contributed by atoms with Crippen LogP contribution in [-0.4, -0.2) is 46.0 Å². The molecule has 0 spiro atoms. The fourth-order valence-corrected chi connectivity index (χ4v) is 3.42. The molecule has 5 nitrogen and oxygen atoms in total. The van der Waals surface area contributed by atoms with Gasteiger partial charge in [0.25, 0.3) is 0 Å². The average Bonchev–Trinajstić information content (AvgIpc) is 2.64.